The fourth-order valence-electron chi connectivity index (χ4n) is 0.214. The molecule has 0 aromatic heterocycles. The zero-order chi connectivity index (χ0) is 6.62. The van der Waals surface area contributed by atoms with Crippen LogP contribution in [0.1, 0.15) is 27.2 Å². The van der Waals surface area contributed by atoms with Gasteiger partial charge in [0.2, 0.25) is 0 Å². The third-order valence-electron chi connectivity index (χ3n) is 1.28. The standard InChI is InChI=1S/C6H12OS/c1-4-6(2,3)5-8-7/h5H,4H2,1-3H3. The summed E-state index contributed by atoms with van der Waals surface area (Å²) in [6.45, 7) is 6.18. The van der Waals surface area contributed by atoms with Crippen molar-refractivity contribution in [1.82, 2.24) is 0 Å². The lowest BCUT2D eigenvalue weighted by molar-refractivity contribution is 0.521. The Bertz CT molecular complexity index is 112. The largest absolute Gasteiger partial charge is 0.213 e. The number of hydrogen-bond acceptors (Lipinski definition) is 1. The Morgan fingerprint density at radius 1 is 1.62 bits per heavy atom. The first-order valence-electron chi connectivity index (χ1n) is 2.75. The van der Waals surface area contributed by atoms with E-state index in [-0.39, 0.29) is 5.41 Å². The summed E-state index contributed by atoms with van der Waals surface area (Å²) in [6, 6.07) is 0. The highest BCUT2D eigenvalue weighted by molar-refractivity contribution is 7.64. The van der Waals surface area contributed by atoms with Crippen molar-refractivity contribution in [2.24, 2.45) is 5.41 Å². The van der Waals surface area contributed by atoms with Crippen molar-refractivity contribution >= 4 is 16.6 Å². The molecule has 0 amide bonds. The molecule has 0 radical (unpaired) electrons. The van der Waals surface area contributed by atoms with E-state index < -0.39 is 0 Å². The Hall–Kier alpha value is -0.110. The minimum absolute atomic E-state index is 0.117. The maximum atomic E-state index is 9.97. The van der Waals surface area contributed by atoms with E-state index in [2.05, 4.69) is 20.8 Å². The molecule has 0 aromatic carbocycles. The molecule has 0 saturated carbocycles. The van der Waals surface area contributed by atoms with Gasteiger partial charge in [0.1, 0.15) is 0 Å². The van der Waals surface area contributed by atoms with Gasteiger partial charge in [-0.25, -0.2) is 4.21 Å². The molecule has 0 fully saturated rings. The SMILES string of the molecule is CCC(C)(C)C=S=O. The normalized spacial score (nSPS) is 10.9. The second-order valence-electron chi connectivity index (χ2n) is 2.56. The Morgan fingerprint density at radius 2 is 2.12 bits per heavy atom. The first-order chi connectivity index (χ1) is 3.62. The van der Waals surface area contributed by atoms with E-state index in [1.165, 1.54) is 0 Å². The van der Waals surface area contributed by atoms with E-state index in [0.717, 1.165) is 6.42 Å². The van der Waals surface area contributed by atoms with Gasteiger partial charge in [0.25, 0.3) is 0 Å². The molecular weight excluding hydrogens is 120 g/mol. The summed E-state index contributed by atoms with van der Waals surface area (Å²) in [7, 11) is 0. The molecular formula is C6H12OS. The Morgan fingerprint density at radius 3 is 2.25 bits per heavy atom. The summed E-state index contributed by atoms with van der Waals surface area (Å²) >= 11 is 0.558. The third-order valence-corrected chi connectivity index (χ3v) is 2.01. The predicted molar refractivity (Wildman–Crippen MR) is 38.3 cm³/mol. The van der Waals surface area contributed by atoms with Crippen molar-refractivity contribution in [3.05, 3.63) is 0 Å². The second kappa shape index (κ2) is 3.02. The van der Waals surface area contributed by atoms with E-state index in [9.17, 15) is 4.21 Å². The molecule has 0 N–H and O–H groups in total. The van der Waals surface area contributed by atoms with Crippen LogP contribution in [0, 0.1) is 5.41 Å². The van der Waals surface area contributed by atoms with E-state index >= 15 is 0 Å². The second-order valence-corrected chi connectivity index (χ2v) is 2.98. The molecule has 0 aliphatic rings. The van der Waals surface area contributed by atoms with Crippen molar-refractivity contribution in [1.29, 1.82) is 0 Å². The molecule has 0 atom stereocenters. The molecule has 0 unspecified atom stereocenters. The minimum Gasteiger partial charge on any atom is -0.213 e. The quantitative estimate of drug-likeness (QED) is 0.519. The number of hydrogen-bond donors (Lipinski definition) is 0. The minimum atomic E-state index is 0.117. The van der Waals surface area contributed by atoms with Crippen LogP contribution in [-0.2, 0) is 11.3 Å². The van der Waals surface area contributed by atoms with Crippen LogP contribution >= 0.6 is 0 Å². The van der Waals surface area contributed by atoms with Gasteiger partial charge in [-0.3, -0.25) is 0 Å². The third kappa shape index (κ3) is 2.97. The van der Waals surface area contributed by atoms with Gasteiger partial charge in [0, 0.05) is 5.37 Å². The fraction of sp³-hybridized carbons (Fsp3) is 0.833. The molecule has 0 aromatic rings. The summed E-state index contributed by atoms with van der Waals surface area (Å²) in [5, 5.41) is 1.73. The van der Waals surface area contributed by atoms with Crippen LogP contribution in [0.4, 0.5) is 0 Å². The Balaban J connectivity index is 3.90. The monoisotopic (exact) mass is 132 g/mol. The van der Waals surface area contributed by atoms with Crippen LogP contribution in [-0.4, -0.2) is 9.58 Å². The van der Waals surface area contributed by atoms with E-state index in [1.54, 1.807) is 5.37 Å². The lowest BCUT2D eigenvalue weighted by atomic mass is 9.94. The molecule has 0 saturated heterocycles. The van der Waals surface area contributed by atoms with Gasteiger partial charge in [0.15, 0.2) is 0 Å². The lowest BCUT2D eigenvalue weighted by Gasteiger charge is -2.13. The van der Waals surface area contributed by atoms with Gasteiger partial charge in [0.05, 0.1) is 11.3 Å². The van der Waals surface area contributed by atoms with Crippen molar-refractivity contribution in [2.45, 2.75) is 27.2 Å². The van der Waals surface area contributed by atoms with Gasteiger partial charge in [-0.2, -0.15) is 0 Å². The highest BCUT2D eigenvalue weighted by atomic mass is 32.1. The van der Waals surface area contributed by atoms with Crippen LogP contribution in [0.3, 0.4) is 0 Å². The molecule has 0 rings (SSSR count). The highest BCUT2D eigenvalue weighted by Gasteiger charge is 2.09. The van der Waals surface area contributed by atoms with Gasteiger partial charge in [-0.15, -0.1) is 0 Å². The Kier molecular flexibility index (Phi) is 2.98. The van der Waals surface area contributed by atoms with E-state index in [0.29, 0.717) is 11.3 Å². The zero-order valence-corrected chi connectivity index (χ0v) is 6.42. The first kappa shape index (κ1) is 7.89. The summed E-state index contributed by atoms with van der Waals surface area (Å²) in [5.74, 6) is 0. The van der Waals surface area contributed by atoms with Crippen molar-refractivity contribution in [3.63, 3.8) is 0 Å². The molecule has 0 spiro atoms. The molecule has 8 heavy (non-hydrogen) atoms. The predicted octanol–water partition coefficient (Wildman–Crippen LogP) is 1.44. The molecule has 48 valence electrons. The van der Waals surface area contributed by atoms with Gasteiger partial charge < -0.3 is 0 Å². The van der Waals surface area contributed by atoms with E-state index in [4.69, 9.17) is 0 Å². The van der Waals surface area contributed by atoms with Crippen LogP contribution in [0.15, 0.2) is 0 Å². The van der Waals surface area contributed by atoms with Gasteiger partial charge >= 0.3 is 0 Å². The molecule has 0 aliphatic heterocycles. The molecule has 2 heteroatoms. The smallest absolute Gasteiger partial charge is 0.0846 e. The lowest BCUT2D eigenvalue weighted by Crippen LogP contribution is -2.10. The zero-order valence-electron chi connectivity index (χ0n) is 5.60. The average Bonchev–Trinajstić information content (AvgIpc) is 1.67. The summed E-state index contributed by atoms with van der Waals surface area (Å²) < 4.78 is 9.97. The molecule has 0 heterocycles. The van der Waals surface area contributed by atoms with Crippen LogP contribution in [0.5, 0.6) is 0 Å². The van der Waals surface area contributed by atoms with Crippen LogP contribution < -0.4 is 0 Å². The maximum absolute atomic E-state index is 9.97. The summed E-state index contributed by atoms with van der Waals surface area (Å²) in [6.07, 6.45) is 1.03. The first-order valence-corrected chi connectivity index (χ1v) is 3.56. The topological polar surface area (TPSA) is 17.1 Å². The highest BCUT2D eigenvalue weighted by Crippen LogP contribution is 2.14. The van der Waals surface area contributed by atoms with E-state index in [1.807, 2.05) is 0 Å². The Labute approximate surface area is 54.2 Å². The van der Waals surface area contributed by atoms with Gasteiger partial charge in [-0.1, -0.05) is 20.8 Å². The fourth-order valence-corrected chi connectivity index (χ4v) is 0.641. The molecule has 0 bridgehead atoms. The van der Waals surface area contributed by atoms with Crippen molar-refractivity contribution < 1.29 is 4.21 Å². The molecule has 0 aliphatic carbocycles. The average molecular weight is 132 g/mol. The summed E-state index contributed by atoms with van der Waals surface area (Å²) in [4.78, 5) is 0. The van der Waals surface area contributed by atoms with Gasteiger partial charge in [-0.05, 0) is 11.8 Å². The maximum Gasteiger partial charge on any atom is 0.0846 e. The number of rotatable bonds is 2. The molecule has 1 nitrogen and oxygen atoms in total. The van der Waals surface area contributed by atoms with Crippen LogP contribution in [0.2, 0.25) is 0 Å². The van der Waals surface area contributed by atoms with Crippen molar-refractivity contribution in [2.75, 3.05) is 0 Å². The summed E-state index contributed by atoms with van der Waals surface area (Å²) in [5.41, 5.74) is 0.117. The van der Waals surface area contributed by atoms with Crippen molar-refractivity contribution in [3.8, 4) is 0 Å². The van der Waals surface area contributed by atoms with Crippen LogP contribution in [0.25, 0.3) is 0 Å².